The number of carbonyl (C=O) groups excluding carboxylic acids is 1. The third-order valence-electron chi connectivity index (χ3n) is 6.36. The Bertz CT molecular complexity index is 1310. The fourth-order valence-corrected chi connectivity index (χ4v) is 6.93. The maximum atomic E-state index is 13.6. The van der Waals surface area contributed by atoms with E-state index >= 15 is 0 Å². The maximum absolute atomic E-state index is 13.6. The van der Waals surface area contributed by atoms with Crippen LogP contribution in [0.2, 0.25) is 0 Å². The van der Waals surface area contributed by atoms with Gasteiger partial charge in [0.05, 0.1) is 27.3 Å². The lowest BCUT2D eigenvalue weighted by atomic mass is 10.1. The van der Waals surface area contributed by atoms with Crippen molar-refractivity contribution in [2.45, 2.75) is 44.8 Å². The molecule has 37 heavy (non-hydrogen) atoms. The van der Waals surface area contributed by atoms with Crippen LogP contribution in [0.5, 0.6) is 0 Å². The van der Waals surface area contributed by atoms with Crippen molar-refractivity contribution in [1.29, 1.82) is 0 Å². The molecule has 2 aromatic carbocycles. The molecule has 0 N–H and O–H groups in total. The largest absolute Gasteiger partial charge is 0.373 e. The Morgan fingerprint density at radius 2 is 1.65 bits per heavy atom. The van der Waals surface area contributed by atoms with Gasteiger partial charge < -0.3 is 9.64 Å². The highest BCUT2D eigenvalue weighted by Crippen LogP contribution is 2.32. The number of anilines is 1. The summed E-state index contributed by atoms with van der Waals surface area (Å²) in [5.41, 5.74) is 3.63. The van der Waals surface area contributed by atoms with Gasteiger partial charge >= 0.3 is 0 Å². The minimum Gasteiger partial charge on any atom is -0.373 e. The summed E-state index contributed by atoms with van der Waals surface area (Å²) in [5.74, 6) is -0.207. The average molecular weight is 567 g/mol. The molecule has 202 valence electrons. The first-order valence-electron chi connectivity index (χ1n) is 12.1. The van der Waals surface area contributed by atoms with Gasteiger partial charge in [0, 0.05) is 31.7 Å². The van der Waals surface area contributed by atoms with Crippen LogP contribution in [0.4, 0.5) is 5.13 Å². The molecule has 1 aliphatic heterocycles. The summed E-state index contributed by atoms with van der Waals surface area (Å²) >= 11 is 1.49. The Kier molecular flexibility index (Phi) is 9.36. The van der Waals surface area contributed by atoms with E-state index in [0.717, 1.165) is 15.8 Å². The van der Waals surface area contributed by atoms with Crippen LogP contribution in [0.15, 0.2) is 41.3 Å². The molecule has 1 amide bonds. The van der Waals surface area contributed by atoms with E-state index in [2.05, 4.69) is 19.9 Å². The molecule has 3 aromatic rings. The lowest BCUT2D eigenvalue weighted by Crippen LogP contribution is -2.48. The lowest BCUT2D eigenvalue weighted by Gasteiger charge is -2.34. The van der Waals surface area contributed by atoms with Crippen LogP contribution in [-0.4, -0.2) is 81.0 Å². The Morgan fingerprint density at radius 1 is 1.05 bits per heavy atom. The molecule has 1 aliphatic rings. The van der Waals surface area contributed by atoms with Crippen molar-refractivity contribution in [3.63, 3.8) is 0 Å². The molecule has 2 heterocycles. The SMILES string of the molecule is Cc1cc2nc(N(CCN(C)C)C(=O)c3ccc(S(=O)(=O)N4CC(C)OC(C)C4)cc3)sc2cc1C.Cl. The third kappa shape index (κ3) is 6.50. The number of aryl methyl sites for hydroxylation is 2. The minimum absolute atomic E-state index is 0. The predicted molar refractivity (Wildman–Crippen MR) is 152 cm³/mol. The maximum Gasteiger partial charge on any atom is 0.260 e. The van der Waals surface area contributed by atoms with E-state index < -0.39 is 10.0 Å². The number of sulfonamides is 1. The van der Waals surface area contributed by atoms with E-state index in [4.69, 9.17) is 9.72 Å². The minimum atomic E-state index is -3.68. The van der Waals surface area contributed by atoms with E-state index in [1.165, 1.54) is 33.3 Å². The van der Waals surface area contributed by atoms with Gasteiger partial charge in [-0.05, 0) is 89.3 Å². The van der Waals surface area contributed by atoms with Gasteiger partial charge in [0.25, 0.3) is 5.91 Å². The summed E-state index contributed by atoms with van der Waals surface area (Å²) in [7, 11) is 0.240. The third-order valence-corrected chi connectivity index (χ3v) is 9.25. The van der Waals surface area contributed by atoms with Crippen LogP contribution >= 0.6 is 23.7 Å². The van der Waals surface area contributed by atoms with E-state index in [9.17, 15) is 13.2 Å². The van der Waals surface area contributed by atoms with Crippen molar-refractivity contribution < 1.29 is 17.9 Å². The van der Waals surface area contributed by atoms with Crippen LogP contribution < -0.4 is 4.90 Å². The fourth-order valence-electron chi connectivity index (χ4n) is 4.27. The highest BCUT2D eigenvalue weighted by Gasteiger charge is 2.32. The molecule has 0 saturated carbocycles. The van der Waals surface area contributed by atoms with Crippen molar-refractivity contribution in [2.75, 3.05) is 45.2 Å². The number of thiazole rings is 1. The van der Waals surface area contributed by atoms with Gasteiger partial charge in [0.2, 0.25) is 10.0 Å². The van der Waals surface area contributed by atoms with Gasteiger partial charge in [-0.1, -0.05) is 11.3 Å². The van der Waals surface area contributed by atoms with Gasteiger partial charge in [0.1, 0.15) is 0 Å². The second kappa shape index (κ2) is 11.8. The number of nitrogens with zero attached hydrogens (tertiary/aromatic N) is 4. The molecule has 2 unspecified atom stereocenters. The van der Waals surface area contributed by atoms with Crippen LogP contribution in [-0.2, 0) is 14.8 Å². The zero-order chi connectivity index (χ0) is 26.2. The monoisotopic (exact) mass is 566 g/mol. The van der Waals surface area contributed by atoms with E-state index in [1.54, 1.807) is 17.0 Å². The Hall–Kier alpha value is -2.08. The number of hydrogen-bond acceptors (Lipinski definition) is 7. The van der Waals surface area contributed by atoms with Crippen molar-refractivity contribution in [1.82, 2.24) is 14.2 Å². The molecule has 1 saturated heterocycles. The standard InChI is InChI=1S/C26H34N4O4S2.ClH/c1-17-13-23-24(14-18(17)2)35-26(27-23)30(12-11-28(5)6)25(31)21-7-9-22(10-8-21)36(32,33)29-15-19(3)34-20(4)16-29;/h7-10,13-14,19-20H,11-12,15-16H2,1-6H3;1H. The fraction of sp³-hybridized carbons (Fsp3) is 0.462. The van der Waals surface area contributed by atoms with Gasteiger partial charge in [0.15, 0.2) is 5.13 Å². The van der Waals surface area contributed by atoms with Crippen molar-refractivity contribution in [2.24, 2.45) is 0 Å². The summed E-state index contributed by atoms with van der Waals surface area (Å²) in [5, 5.41) is 0.634. The highest BCUT2D eigenvalue weighted by atomic mass is 35.5. The molecule has 0 radical (unpaired) electrons. The number of likely N-dealkylation sites (N-methyl/N-ethyl adjacent to an activating group) is 1. The van der Waals surface area contributed by atoms with Crippen LogP contribution in [0.25, 0.3) is 10.2 Å². The van der Waals surface area contributed by atoms with Gasteiger partial charge in [-0.3, -0.25) is 9.69 Å². The normalized spacial score (nSPS) is 18.7. The van der Waals surface area contributed by atoms with E-state index in [-0.39, 0.29) is 35.4 Å². The molecule has 1 fully saturated rings. The highest BCUT2D eigenvalue weighted by molar-refractivity contribution is 7.89. The summed E-state index contributed by atoms with van der Waals surface area (Å²) in [6.07, 6.45) is -0.341. The number of ether oxygens (including phenoxy) is 1. The smallest absolute Gasteiger partial charge is 0.260 e. The number of carbonyl (C=O) groups is 1. The Balaban J connectivity index is 0.00000380. The number of halogens is 1. The quantitative estimate of drug-likeness (QED) is 0.423. The van der Waals surface area contributed by atoms with Crippen LogP contribution in [0.1, 0.15) is 35.3 Å². The van der Waals surface area contributed by atoms with Crippen LogP contribution in [0.3, 0.4) is 0 Å². The first-order valence-corrected chi connectivity index (χ1v) is 14.3. The number of aromatic nitrogens is 1. The number of amides is 1. The van der Waals surface area contributed by atoms with Gasteiger partial charge in [-0.25, -0.2) is 13.4 Å². The van der Waals surface area contributed by atoms with Crippen molar-refractivity contribution >= 4 is 55.0 Å². The molecule has 4 rings (SSSR count). The molecule has 2 atom stereocenters. The van der Waals surface area contributed by atoms with E-state index in [1.807, 2.05) is 38.9 Å². The molecule has 1 aromatic heterocycles. The zero-order valence-corrected chi connectivity index (χ0v) is 24.5. The van der Waals surface area contributed by atoms with Crippen molar-refractivity contribution in [3.8, 4) is 0 Å². The average Bonchev–Trinajstić information content (AvgIpc) is 3.20. The molecular weight excluding hydrogens is 532 g/mol. The molecule has 11 heteroatoms. The molecule has 0 spiro atoms. The summed E-state index contributed by atoms with van der Waals surface area (Å²) < 4.78 is 34.6. The van der Waals surface area contributed by atoms with Crippen molar-refractivity contribution in [3.05, 3.63) is 53.1 Å². The molecule has 0 bridgehead atoms. The molecular formula is C26H35ClN4O4S2. The second-order valence-electron chi connectivity index (χ2n) is 9.76. The Morgan fingerprint density at radius 3 is 2.24 bits per heavy atom. The molecule has 8 nitrogen and oxygen atoms in total. The summed E-state index contributed by atoms with van der Waals surface area (Å²) in [4.78, 5) is 22.3. The first kappa shape index (κ1) is 29.5. The lowest BCUT2D eigenvalue weighted by molar-refractivity contribution is -0.0440. The van der Waals surface area contributed by atoms with Gasteiger partial charge in [-0.15, -0.1) is 12.4 Å². The predicted octanol–water partition coefficient (Wildman–Crippen LogP) is 4.34. The summed E-state index contributed by atoms with van der Waals surface area (Å²) in [6, 6.07) is 10.4. The zero-order valence-electron chi connectivity index (χ0n) is 22.1. The van der Waals surface area contributed by atoms with Gasteiger partial charge in [-0.2, -0.15) is 4.31 Å². The number of rotatable bonds is 7. The van der Waals surface area contributed by atoms with E-state index in [0.29, 0.717) is 36.9 Å². The second-order valence-corrected chi connectivity index (χ2v) is 12.7. The topological polar surface area (TPSA) is 83.1 Å². The van der Waals surface area contributed by atoms with Crippen LogP contribution in [0, 0.1) is 13.8 Å². The first-order chi connectivity index (χ1) is 17.0. The molecule has 0 aliphatic carbocycles. The summed E-state index contributed by atoms with van der Waals surface area (Å²) in [6.45, 7) is 9.60. The Labute approximate surface area is 229 Å². The number of morpholine rings is 1. The number of fused-ring (bicyclic) bond motifs is 1. The number of benzene rings is 2. The number of hydrogen-bond donors (Lipinski definition) is 0.